The largest absolute Gasteiger partial charge is 0.454 e. The first-order valence-corrected chi connectivity index (χ1v) is 7.77. The number of hydrogen-bond acceptors (Lipinski definition) is 4. The number of nitrogens with zero attached hydrogens (tertiary/aromatic N) is 1. The van der Waals surface area contributed by atoms with Crippen molar-refractivity contribution in [1.82, 2.24) is 4.98 Å². The standard InChI is InChI=1S/C16H17BrN2O2/c1-11(19-13-3-2-8-18-16(13)17)4-5-12-6-7-14-15(9-12)21-10-20-14/h2-3,6-9,11,19H,4-5,10H2,1H3. The van der Waals surface area contributed by atoms with E-state index < -0.39 is 0 Å². The second kappa shape index (κ2) is 6.35. The van der Waals surface area contributed by atoms with Gasteiger partial charge in [0.05, 0.1) is 5.69 Å². The van der Waals surface area contributed by atoms with Gasteiger partial charge in [0.2, 0.25) is 6.79 Å². The lowest BCUT2D eigenvalue weighted by molar-refractivity contribution is 0.174. The van der Waals surface area contributed by atoms with E-state index in [9.17, 15) is 0 Å². The smallest absolute Gasteiger partial charge is 0.231 e. The zero-order chi connectivity index (χ0) is 14.7. The van der Waals surface area contributed by atoms with E-state index in [2.05, 4.69) is 45.3 Å². The van der Waals surface area contributed by atoms with Crippen LogP contribution >= 0.6 is 15.9 Å². The van der Waals surface area contributed by atoms with Crippen molar-refractivity contribution in [2.24, 2.45) is 0 Å². The topological polar surface area (TPSA) is 43.4 Å². The lowest BCUT2D eigenvalue weighted by Crippen LogP contribution is -2.16. The molecule has 3 rings (SSSR count). The molecule has 0 saturated carbocycles. The number of aryl methyl sites for hydroxylation is 1. The fourth-order valence-corrected chi connectivity index (χ4v) is 2.68. The number of rotatable bonds is 5. The number of benzene rings is 1. The highest BCUT2D eigenvalue weighted by atomic mass is 79.9. The average molecular weight is 349 g/mol. The number of nitrogens with one attached hydrogen (secondary N) is 1. The molecule has 21 heavy (non-hydrogen) atoms. The summed E-state index contributed by atoms with van der Waals surface area (Å²) in [6, 6.07) is 10.4. The number of fused-ring (bicyclic) bond motifs is 1. The predicted octanol–water partition coefficient (Wildman–Crippen LogP) is 4.01. The summed E-state index contributed by atoms with van der Waals surface area (Å²) in [6.07, 6.45) is 3.79. The third kappa shape index (κ3) is 3.47. The molecule has 1 aliphatic heterocycles. The van der Waals surface area contributed by atoms with Crippen LogP contribution in [0.5, 0.6) is 11.5 Å². The maximum Gasteiger partial charge on any atom is 0.231 e. The summed E-state index contributed by atoms with van der Waals surface area (Å²) in [4.78, 5) is 4.21. The maximum atomic E-state index is 5.40. The van der Waals surface area contributed by atoms with Crippen LogP contribution in [0.15, 0.2) is 41.1 Å². The van der Waals surface area contributed by atoms with Crippen LogP contribution in [0.2, 0.25) is 0 Å². The van der Waals surface area contributed by atoms with Gasteiger partial charge in [-0.2, -0.15) is 0 Å². The van der Waals surface area contributed by atoms with Crippen LogP contribution < -0.4 is 14.8 Å². The van der Waals surface area contributed by atoms with Gasteiger partial charge in [0, 0.05) is 12.2 Å². The number of hydrogen-bond donors (Lipinski definition) is 1. The monoisotopic (exact) mass is 348 g/mol. The molecule has 0 aliphatic carbocycles. The van der Waals surface area contributed by atoms with Crippen LogP contribution in [0.4, 0.5) is 5.69 Å². The van der Waals surface area contributed by atoms with Crippen LogP contribution in [0, 0.1) is 0 Å². The van der Waals surface area contributed by atoms with Crippen molar-refractivity contribution < 1.29 is 9.47 Å². The predicted molar refractivity (Wildman–Crippen MR) is 85.9 cm³/mol. The molecule has 1 N–H and O–H groups in total. The van der Waals surface area contributed by atoms with Crippen molar-refractivity contribution in [3.63, 3.8) is 0 Å². The first-order chi connectivity index (χ1) is 10.2. The van der Waals surface area contributed by atoms with Gasteiger partial charge in [-0.25, -0.2) is 4.98 Å². The van der Waals surface area contributed by atoms with Gasteiger partial charge in [-0.05, 0) is 65.5 Å². The minimum Gasteiger partial charge on any atom is -0.454 e. The van der Waals surface area contributed by atoms with Crippen LogP contribution in [-0.2, 0) is 6.42 Å². The molecule has 1 aromatic heterocycles. The van der Waals surface area contributed by atoms with Crippen molar-refractivity contribution >= 4 is 21.6 Å². The highest BCUT2D eigenvalue weighted by molar-refractivity contribution is 9.10. The van der Waals surface area contributed by atoms with Crippen LogP contribution in [0.3, 0.4) is 0 Å². The summed E-state index contributed by atoms with van der Waals surface area (Å²) in [7, 11) is 0. The van der Waals surface area contributed by atoms with Crippen LogP contribution in [0.25, 0.3) is 0 Å². The van der Waals surface area contributed by atoms with E-state index in [1.165, 1.54) is 5.56 Å². The number of ether oxygens (including phenoxy) is 2. The van der Waals surface area contributed by atoms with Crippen LogP contribution in [-0.4, -0.2) is 17.8 Å². The van der Waals surface area contributed by atoms with E-state index in [1.54, 1.807) is 6.20 Å². The Morgan fingerprint density at radius 3 is 3.00 bits per heavy atom. The van der Waals surface area contributed by atoms with Gasteiger partial charge in [-0.1, -0.05) is 6.07 Å². The minimum absolute atomic E-state index is 0.325. The molecule has 1 aromatic carbocycles. The van der Waals surface area contributed by atoms with Crippen molar-refractivity contribution in [3.8, 4) is 11.5 Å². The molecular formula is C16H17BrN2O2. The Bertz CT molecular complexity index is 633. The molecule has 1 aliphatic rings. The van der Waals surface area contributed by atoms with E-state index in [1.807, 2.05) is 18.2 Å². The van der Waals surface area contributed by atoms with Crippen molar-refractivity contribution in [2.75, 3.05) is 12.1 Å². The number of aromatic nitrogens is 1. The Balaban J connectivity index is 1.56. The van der Waals surface area contributed by atoms with Gasteiger partial charge >= 0.3 is 0 Å². The first kappa shape index (κ1) is 14.2. The Morgan fingerprint density at radius 2 is 2.14 bits per heavy atom. The summed E-state index contributed by atoms with van der Waals surface area (Å²) in [5, 5.41) is 3.47. The lowest BCUT2D eigenvalue weighted by Gasteiger charge is -2.16. The molecule has 0 saturated heterocycles. The third-order valence-corrected chi connectivity index (χ3v) is 4.10. The van der Waals surface area contributed by atoms with Crippen molar-refractivity contribution in [3.05, 3.63) is 46.7 Å². The molecule has 0 bridgehead atoms. The quantitative estimate of drug-likeness (QED) is 0.829. The summed E-state index contributed by atoms with van der Waals surface area (Å²) in [5.41, 5.74) is 2.29. The Morgan fingerprint density at radius 1 is 1.29 bits per heavy atom. The van der Waals surface area contributed by atoms with E-state index in [0.29, 0.717) is 12.8 Å². The first-order valence-electron chi connectivity index (χ1n) is 6.98. The molecule has 2 heterocycles. The Kier molecular flexibility index (Phi) is 4.29. The van der Waals surface area contributed by atoms with Gasteiger partial charge in [0.15, 0.2) is 11.5 Å². The summed E-state index contributed by atoms with van der Waals surface area (Å²) >= 11 is 3.45. The molecule has 5 heteroatoms. The van der Waals surface area contributed by atoms with Crippen molar-refractivity contribution in [2.45, 2.75) is 25.8 Å². The SMILES string of the molecule is CC(CCc1ccc2c(c1)OCO2)Nc1cccnc1Br. The lowest BCUT2D eigenvalue weighted by atomic mass is 10.1. The number of anilines is 1. The molecule has 4 nitrogen and oxygen atoms in total. The zero-order valence-corrected chi connectivity index (χ0v) is 13.4. The molecule has 0 amide bonds. The van der Waals surface area contributed by atoms with Gasteiger partial charge < -0.3 is 14.8 Å². The summed E-state index contributed by atoms with van der Waals surface area (Å²) in [6.45, 7) is 2.50. The average Bonchev–Trinajstić information content (AvgIpc) is 2.95. The fraction of sp³-hybridized carbons (Fsp3) is 0.312. The molecule has 0 fully saturated rings. The number of pyridine rings is 1. The van der Waals surface area contributed by atoms with Gasteiger partial charge in [0.25, 0.3) is 0 Å². The number of halogens is 1. The van der Waals surface area contributed by atoms with Gasteiger partial charge in [0.1, 0.15) is 4.60 Å². The third-order valence-electron chi connectivity index (χ3n) is 3.46. The highest BCUT2D eigenvalue weighted by Crippen LogP contribution is 2.33. The molecule has 1 atom stereocenters. The molecular weight excluding hydrogens is 332 g/mol. The molecule has 1 unspecified atom stereocenters. The van der Waals surface area contributed by atoms with Crippen LogP contribution in [0.1, 0.15) is 18.9 Å². The summed E-state index contributed by atoms with van der Waals surface area (Å²) in [5.74, 6) is 1.69. The van der Waals surface area contributed by atoms with E-state index >= 15 is 0 Å². The molecule has 0 radical (unpaired) electrons. The Hall–Kier alpha value is -1.75. The molecule has 110 valence electrons. The zero-order valence-electron chi connectivity index (χ0n) is 11.8. The van der Waals surface area contributed by atoms with Gasteiger partial charge in [-0.15, -0.1) is 0 Å². The van der Waals surface area contributed by atoms with E-state index in [-0.39, 0.29) is 0 Å². The van der Waals surface area contributed by atoms with Gasteiger partial charge in [-0.3, -0.25) is 0 Å². The van der Waals surface area contributed by atoms with E-state index in [4.69, 9.17) is 9.47 Å². The minimum atomic E-state index is 0.325. The highest BCUT2D eigenvalue weighted by Gasteiger charge is 2.13. The second-order valence-electron chi connectivity index (χ2n) is 5.11. The van der Waals surface area contributed by atoms with E-state index in [0.717, 1.165) is 34.6 Å². The fourth-order valence-electron chi connectivity index (χ4n) is 2.31. The maximum absolute atomic E-state index is 5.40. The molecule has 2 aromatic rings. The second-order valence-corrected chi connectivity index (χ2v) is 5.86. The Labute approximate surface area is 132 Å². The van der Waals surface area contributed by atoms with Crippen molar-refractivity contribution in [1.29, 1.82) is 0 Å². The molecule has 0 spiro atoms. The summed E-state index contributed by atoms with van der Waals surface area (Å²) < 4.78 is 11.6. The normalized spacial score (nSPS) is 14.0.